The van der Waals surface area contributed by atoms with Crippen LogP contribution in [-0.2, 0) is 6.42 Å². The molecule has 1 aliphatic rings. The Morgan fingerprint density at radius 3 is 2.43 bits per heavy atom. The molecule has 3 aromatic heterocycles. The molecule has 0 N–H and O–H groups in total. The van der Waals surface area contributed by atoms with E-state index in [1.54, 1.807) is 17.7 Å². The van der Waals surface area contributed by atoms with E-state index in [4.69, 9.17) is 4.98 Å². The Bertz CT molecular complexity index is 1280. The number of thioether (sulfide) groups is 1. The highest BCUT2D eigenvalue weighted by Gasteiger charge is 2.34. The molecule has 0 amide bonds. The van der Waals surface area contributed by atoms with Gasteiger partial charge in [-0.25, -0.2) is 4.98 Å². The van der Waals surface area contributed by atoms with Crippen LogP contribution in [0, 0.1) is 0 Å². The smallest absolute Gasteiger partial charge is 0.172 e. The summed E-state index contributed by atoms with van der Waals surface area (Å²) in [4.78, 5) is 7.17. The van der Waals surface area contributed by atoms with Gasteiger partial charge in [0.2, 0.25) is 0 Å². The minimum Gasteiger partial charge on any atom is -0.271 e. The van der Waals surface area contributed by atoms with Crippen LogP contribution < -0.4 is 0 Å². The quantitative estimate of drug-likeness (QED) is 0.395. The summed E-state index contributed by atoms with van der Waals surface area (Å²) in [5.41, 5.74) is 5.01. The van der Waals surface area contributed by atoms with Gasteiger partial charge in [-0.2, -0.15) is 0 Å². The number of thiophene rings is 1. The summed E-state index contributed by atoms with van der Waals surface area (Å²) in [6.45, 7) is 0. The van der Waals surface area contributed by atoms with E-state index in [1.165, 1.54) is 27.0 Å². The molecule has 0 bridgehead atoms. The molecule has 6 heteroatoms. The lowest BCUT2D eigenvalue weighted by atomic mass is 9.98. The van der Waals surface area contributed by atoms with Crippen LogP contribution in [0.1, 0.15) is 32.1 Å². The monoisotopic (exact) mass is 400 g/mol. The van der Waals surface area contributed by atoms with Gasteiger partial charge in [-0.1, -0.05) is 60.7 Å². The molecule has 2 atom stereocenters. The second-order valence-electron chi connectivity index (χ2n) is 6.96. The zero-order valence-corrected chi connectivity index (χ0v) is 16.5. The maximum atomic E-state index is 4.70. The standard InChI is InChI=1S/C22H16N4S2/c1-3-7-14(8-4-1)17-11-16-18-21-25-24-13-26(21)12-23-22(18)28-20(16)19(27-17)15-9-5-2-6-10-15/h1-10,12-13,17,19H,11H2/t17-,19-/m1/s1. The molecular formula is C22H16N4S2. The number of rotatable bonds is 2. The molecule has 0 unspecified atom stereocenters. The highest BCUT2D eigenvalue weighted by Crippen LogP contribution is 2.55. The second kappa shape index (κ2) is 6.43. The molecule has 6 rings (SSSR count). The minimum atomic E-state index is 0.303. The number of aromatic nitrogens is 4. The molecule has 0 saturated carbocycles. The number of hydrogen-bond donors (Lipinski definition) is 0. The molecule has 5 aromatic rings. The van der Waals surface area contributed by atoms with E-state index in [1.807, 2.05) is 22.5 Å². The van der Waals surface area contributed by atoms with E-state index >= 15 is 0 Å². The summed E-state index contributed by atoms with van der Waals surface area (Å²) in [5.74, 6) is 0. The third-order valence-corrected chi connectivity index (χ3v) is 8.22. The average Bonchev–Trinajstić information content (AvgIpc) is 3.38. The summed E-state index contributed by atoms with van der Waals surface area (Å²) in [6, 6.07) is 21.6. The van der Waals surface area contributed by atoms with Gasteiger partial charge in [0.05, 0.1) is 10.6 Å². The van der Waals surface area contributed by atoms with Crippen LogP contribution in [0.4, 0.5) is 0 Å². The number of nitrogens with zero attached hydrogens (tertiary/aromatic N) is 4. The SMILES string of the molecule is c1ccc([C@H]2S[C@@H](c3ccccc3)Cc3c2sc2ncn4cnnc4c32)cc1. The Morgan fingerprint density at radius 2 is 1.64 bits per heavy atom. The molecule has 0 radical (unpaired) electrons. The summed E-state index contributed by atoms with van der Waals surface area (Å²) >= 11 is 3.85. The van der Waals surface area contributed by atoms with Crippen molar-refractivity contribution in [3.05, 3.63) is 94.9 Å². The van der Waals surface area contributed by atoms with Crippen molar-refractivity contribution in [3.63, 3.8) is 0 Å². The van der Waals surface area contributed by atoms with Crippen molar-refractivity contribution < 1.29 is 0 Å². The minimum absolute atomic E-state index is 0.303. The van der Waals surface area contributed by atoms with Gasteiger partial charge in [-0.05, 0) is 23.1 Å². The van der Waals surface area contributed by atoms with Crippen LogP contribution in [0.3, 0.4) is 0 Å². The van der Waals surface area contributed by atoms with Crippen molar-refractivity contribution in [2.45, 2.75) is 16.9 Å². The Balaban J connectivity index is 1.60. The van der Waals surface area contributed by atoms with Crippen molar-refractivity contribution >= 4 is 39.0 Å². The molecule has 1 aliphatic heterocycles. The molecule has 4 nitrogen and oxygen atoms in total. The summed E-state index contributed by atoms with van der Waals surface area (Å²) in [6.07, 6.45) is 4.54. The first-order valence-electron chi connectivity index (χ1n) is 9.23. The van der Waals surface area contributed by atoms with Gasteiger partial charge < -0.3 is 0 Å². The molecule has 2 aromatic carbocycles. The van der Waals surface area contributed by atoms with E-state index < -0.39 is 0 Å². The lowest BCUT2D eigenvalue weighted by molar-refractivity contribution is 0.894. The van der Waals surface area contributed by atoms with Crippen molar-refractivity contribution in [3.8, 4) is 0 Å². The van der Waals surface area contributed by atoms with Crippen molar-refractivity contribution in [1.29, 1.82) is 0 Å². The third kappa shape index (κ3) is 2.48. The Morgan fingerprint density at radius 1 is 0.893 bits per heavy atom. The van der Waals surface area contributed by atoms with E-state index in [0.717, 1.165) is 16.9 Å². The van der Waals surface area contributed by atoms with Gasteiger partial charge in [0.15, 0.2) is 5.65 Å². The molecule has 28 heavy (non-hydrogen) atoms. The third-order valence-electron chi connectivity index (χ3n) is 5.32. The Labute approximate surface area is 170 Å². The predicted octanol–water partition coefficient (Wildman–Crippen LogP) is 5.46. The summed E-state index contributed by atoms with van der Waals surface area (Å²) in [5, 5.41) is 10.4. The molecule has 0 saturated heterocycles. The van der Waals surface area contributed by atoms with E-state index in [9.17, 15) is 0 Å². The van der Waals surface area contributed by atoms with Gasteiger partial charge in [0.1, 0.15) is 17.5 Å². The molecule has 0 spiro atoms. The predicted molar refractivity (Wildman–Crippen MR) is 115 cm³/mol. The fourth-order valence-electron chi connectivity index (χ4n) is 4.01. The largest absolute Gasteiger partial charge is 0.271 e. The number of hydrogen-bond acceptors (Lipinski definition) is 5. The van der Waals surface area contributed by atoms with Crippen LogP contribution in [0.5, 0.6) is 0 Å². The topological polar surface area (TPSA) is 43.1 Å². The van der Waals surface area contributed by atoms with Crippen LogP contribution in [0.2, 0.25) is 0 Å². The zero-order valence-electron chi connectivity index (χ0n) is 14.9. The fourth-order valence-corrected chi connectivity index (χ4v) is 6.98. The molecule has 136 valence electrons. The Kier molecular flexibility index (Phi) is 3.74. The highest BCUT2D eigenvalue weighted by atomic mass is 32.2. The van der Waals surface area contributed by atoms with Crippen LogP contribution >= 0.6 is 23.1 Å². The van der Waals surface area contributed by atoms with Crippen LogP contribution in [-0.4, -0.2) is 19.6 Å². The normalized spacial score (nSPS) is 19.1. The van der Waals surface area contributed by atoms with Crippen molar-refractivity contribution in [1.82, 2.24) is 19.6 Å². The second-order valence-corrected chi connectivity index (χ2v) is 9.30. The molecule has 4 heterocycles. The Hall–Kier alpha value is -2.70. The number of fused-ring (bicyclic) bond motifs is 5. The van der Waals surface area contributed by atoms with Crippen LogP contribution in [0.15, 0.2) is 73.3 Å². The lowest BCUT2D eigenvalue weighted by Gasteiger charge is -2.30. The maximum Gasteiger partial charge on any atom is 0.172 e. The fraction of sp³-hybridized carbons (Fsp3) is 0.136. The van der Waals surface area contributed by atoms with Gasteiger partial charge in [0, 0.05) is 10.1 Å². The zero-order chi connectivity index (χ0) is 18.5. The van der Waals surface area contributed by atoms with E-state index in [0.29, 0.717) is 10.5 Å². The summed E-state index contributed by atoms with van der Waals surface area (Å²) in [7, 11) is 0. The van der Waals surface area contributed by atoms with Crippen LogP contribution in [0.25, 0.3) is 15.9 Å². The first-order chi connectivity index (χ1) is 13.9. The van der Waals surface area contributed by atoms with Crippen molar-refractivity contribution in [2.24, 2.45) is 0 Å². The summed E-state index contributed by atoms with van der Waals surface area (Å²) < 4.78 is 1.92. The van der Waals surface area contributed by atoms with E-state index in [2.05, 4.69) is 70.9 Å². The maximum absolute atomic E-state index is 4.70. The van der Waals surface area contributed by atoms with Gasteiger partial charge in [0.25, 0.3) is 0 Å². The average molecular weight is 401 g/mol. The van der Waals surface area contributed by atoms with Gasteiger partial charge in [-0.15, -0.1) is 33.3 Å². The first-order valence-corrected chi connectivity index (χ1v) is 11.0. The van der Waals surface area contributed by atoms with Gasteiger partial charge >= 0.3 is 0 Å². The van der Waals surface area contributed by atoms with E-state index in [-0.39, 0.29) is 0 Å². The number of benzene rings is 2. The first kappa shape index (κ1) is 16.3. The molecule has 0 fully saturated rings. The molecule has 0 aliphatic carbocycles. The lowest BCUT2D eigenvalue weighted by Crippen LogP contribution is -2.11. The highest BCUT2D eigenvalue weighted by molar-refractivity contribution is 8.00. The van der Waals surface area contributed by atoms with Gasteiger partial charge in [-0.3, -0.25) is 4.40 Å². The molecular weight excluding hydrogens is 384 g/mol. The van der Waals surface area contributed by atoms with Crippen molar-refractivity contribution in [2.75, 3.05) is 0 Å².